The summed E-state index contributed by atoms with van der Waals surface area (Å²) in [6.45, 7) is 6.13. The summed E-state index contributed by atoms with van der Waals surface area (Å²) >= 11 is 5.97. The summed E-state index contributed by atoms with van der Waals surface area (Å²) in [4.78, 5) is 13.6. The van der Waals surface area contributed by atoms with Gasteiger partial charge in [-0.3, -0.25) is 4.79 Å². The van der Waals surface area contributed by atoms with E-state index in [1.807, 2.05) is 6.92 Å². The van der Waals surface area contributed by atoms with Crippen LogP contribution in [0.15, 0.2) is 30.4 Å². The van der Waals surface area contributed by atoms with E-state index in [1.165, 1.54) is 0 Å². The molecular formula is C12H15ClN2O. The molecule has 2 N–H and O–H groups in total. The molecule has 3 nitrogen and oxygen atoms in total. The van der Waals surface area contributed by atoms with Gasteiger partial charge < -0.3 is 10.6 Å². The second-order valence-corrected chi connectivity index (χ2v) is 4.21. The molecule has 1 rings (SSSR count). The number of benzene rings is 1. The molecule has 1 aromatic rings. The second-order valence-electron chi connectivity index (χ2n) is 3.83. The van der Waals surface area contributed by atoms with Gasteiger partial charge >= 0.3 is 0 Å². The zero-order chi connectivity index (χ0) is 12.3. The summed E-state index contributed by atoms with van der Waals surface area (Å²) in [5, 5.41) is 0.307. The molecule has 1 aromatic carbocycles. The molecule has 86 valence electrons. The first-order chi connectivity index (χ1) is 7.43. The van der Waals surface area contributed by atoms with Crippen molar-refractivity contribution in [1.82, 2.24) is 4.90 Å². The van der Waals surface area contributed by atoms with Crippen LogP contribution in [0.4, 0.5) is 5.69 Å². The molecule has 0 aliphatic rings. The molecule has 0 aromatic heterocycles. The monoisotopic (exact) mass is 238 g/mol. The number of amides is 1. The summed E-state index contributed by atoms with van der Waals surface area (Å²) < 4.78 is 0. The number of halogens is 1. The van der Waals surface area contributed by atoms with Crippen LogP contribution in [0, 0.1) is 0 Å². The van der Waals surface area contributed by atoms with Crippen molar-refractivity contribution in [2.45, 2.75) is 6.92 Å². The summed E-state index contributed by atoms with van der Waals surface area (Å²) in [5.74, 6) is -0.152. The summed E-state index contributed by atoms with van der Waals surface area (Å²) in [6, 6.07) is 5.04. The van der Waals surface area contributed by atoms with Crippen molar-refractivity contribution in [3.05, 3.63) is 40.9 Å². The van der Waals surface area contributed by atoms with Crippen LogP contribution in [-0.4, -0.2) is 24.4 Å². The second kappa shape index (κ2) is 5.03. The zero-order valence-corrected chi connectivity index (χ0v) is 10.2. The largest absolute Gasteiger partial charge is 0.398 e. The van der Waals surface area contributed by atoms with Crippen LogP contribution in [0.2, 0.25) is 5.02 Å². The van der Waals surface area contributed by atoms with Gasteiger partial charge in [0, 0.05) is 13.6 Å². The number of nitrogens with two attached hydrogens (primary N) is 1. The third-order valence-electron chi connectivity index (χ3n) is 2.11. The number of likely N-dealkylation sites (N-methyl/N-ethyl adjacent to an activating group) is 1. The standard InChI is InChI=1S/C12H15ClN2O/c1-8(2)7-15(3)12(16)9-5-4-6-10(14)11(9)13/h4-6H,1,7,14H2,2-3H3. The summed E-state index contributed by atoms with van der Waals surface area (Å²) in [7, 11) is 1.70. The average molecular weight is 239 g/mol. The minimum absolute atomic E-state index is 0.152. The third kappa shape index (κ3) is 2.76. The highest BCUT2D eigenvalue weighted by atomic mass is 35.5. The Morgan fingerprint density at radius 1 is 1.56 bits per heavy atom. The number of hydrogen-bond acceptors (Lipinski definition) is 2. The molecule has 0 heterocycles. The molecule has 0 unspecified atom stereocenters. The van der Waals surface area contributed by atoms with Crippen molar-refractivity contribution in [3.63, 3.8) is 0 Å². The average Bonchev–Trinajstić information content (AvgIpc) is 2.20. The minimum atomic E-state index is -0.152. The number of anilines is 1. The maximum absolute atomic E-state index is 12.0. The smallest absolute Gasteiger partial charge is 0.255 e. The van der Waals surface area contributed by atoms with Crippen LogP contribution in [0.25, 0.3) is 0 Å². The van der Waals surface area contributed by atoms with Gasteiger partial charge in [-0.25, -0.2) is 0 Å². The van der Waals surface area contributed by atoms with Crippen LogP contribution in [0.5, 0.6) is 0 Å². The SMILES string of the molecule is C=C(C)CN(C)C(=O)c1cccc(N)c1Cl. The predicted molar refractivity (Wildman–Crippen MR) is 67.6 cm³/mol. The lowest BCUT2D eigenvalue weighted by Crippen LogP contribution is -2.28. The Balaban J connectivity index is 2.96. The highest BCUT2D eigenvalue weighted by Gasteiger charge is 2.15. The van der Waals surface area contributed by atoms with E-state index in [9.17, 15) is 4.79 Å². The molecule has 16 heavy (non-hydrogen) atoms. The maximum Gasteiger partial charge on any atom is 0.255 e. The first-order valence-corrected chi connectivity index (χ1v) is 5.25. The van der Waals surface area contributed by atoms with Crippen molar-refractivity contribution in [2.24, 2.45) is 0 Å². The van der Waals surface area contributed by atoms with Crippen LogP contribution in [0.1, 0.15) is 17.3 Å². The van der Waals surface area contributed by atoms with Crippen molar-refractivity contribution in [3.8, 4) is 0 Å². The summed E-state index contributed by atoms with van der Waals surface area (Å²) in [5.41, 5.74) is 7.39. The van der Waals surface area contributed by atoms with E-state index >= 15 is 0 Å². The molecule has 0 bridgehead atoms. The van der Waals surface area contributed by atoms with Gasteiger partial charge in [0.15, 0.2) is 0 Å². The van der Waals surface area contributed by atoms with Gasteiger partial charge in [-0.15, -0.1) is 0 Å². The lowest BCUT2D eigenvalue weighted by Gasteiger charge is -2.18. The minimum Gasteiger partial charge on any atom is -0.398 e. The molecular weight excluding hydrogens is 224 g/mol. The first-order valence-electron chi connectivity index (χ1n) is 4.87. The van der Waals surface area contributed by atoms with Crippen molar-refractivity contribution < 1.29 is 4.79 Å². The molecule has 0 saturated heterocycles. The van der Waals surface area contributed by atoms with Crippen LogP contribution >= 0.6 is 11.6 Å². The fourth-order valence-electron chi connectivity index (χ4n) is 1.40. The lowest BCUT2D eigenvalue weighted by molar-refractivity contribution is 0.0807. The topological polar surface area (TPSA) is 46.3 Å². The number of nitrogen functional groups attached to an aromatic ring is 1. The van der Waals surface area contributed by atoms with Gasteiger partial charge in [-0.05, 0) is 19.1 Å². The molecule has 4 heteroatoms. The molecule has 0 spiro atoms. The number of hydrogen-bond donors (Lipinski definition) is 1. The Morgan fingerprint density at radius 3 is 2.75 bits per heavy atom. The van der Waals surface area contributed by atoms with Gasteiger partial charge in [0.05, 0.1) is 16.3 Å². The van der Waals surface area contributed by atoms with E-state index in [2.05, 4.69) is 6.58 Å². The van der Waals surface area contributed by atoms with Crippen LogP contribution < -0.4 is 5.73 Å². The Bertz CT molecular complexity index is 429. The first kappa shape index (κ1) is 12.6. The van der Waals surface area contributed by atoms with E-state index in [1.54, 1.807) is 30.1 Å². The number of carbonyl (C=O) groups is 1. The quantitative estimate of drug-likeness (QED) is 0.650. The number of carbonyl (C=O) groups excluding carboxylic acids is 1. The van der Waals surface area contributed by atoms with E-state index in [4.69, 9.17) is 17.3 Å². The fraction of sp³-hybridized carbons (Fsp3) is 0.250. The number of nitrogens with zero attached hydrogens (tertiary/aromatic N) is 1. The molecule has 0 fully saturated rings. The van der Waals surface area contributed by atoms with Crippen LogP contribution in [-0.2, 0) is 0 Å². The fourth-order valence-corrected chi connectivity index (χ4v) is 1.60. The Morgan fingerprint density at radius 2 is 2.19 bits per heavy atom. The van der Waals surface area contributed by atoms with Gasteiger partial charge in [-0.2, -0.15) is 0 Å². The summed E-state index contributed by atoms with van der Waals surface area (Å²) in [6.07, 6.45) is 0. The normalized spacial score (nSPS) is 9.94. The molecule has 0 saturated carbocycles. The maximum atomic E-state index is 12.0. The van der Waals surface area contributed by atoms with Crippen molar-refractivity contribution in [2.75, 3.05) is 19.3 Å². The van der Waals surface area contributed by atoms with Gasteiger partial charge in [0.2, 0.25) is 0 Å². The van der Waals surface area contributed by atoms with Crippen molar-refractivity contribution >= 4 is 23.2 Å². The van der Waals surface area contributed by atoms with Gasteiger partial charge in [0.25, 0.3) is 5.91 Å². The van der Waals surface area contributed by atoms with E-state index in [-0.39, 0.29) is 5.91 Å². The van der Waals surface area contributed by atoms with Crippen LogP contribution in [0.3, 0.4) is 0 Å². The molecule has 0 aliphatic heterocycles. The van der Waals surface area contributed by atoms with Gasteiger partial charge in [0.1, 0.15) is 0 Å². The Labute approximate surface area is 100 Å². The Kier molecular flexibility index (Phi) is 3.96. The molecule has 0 aliphatic carbocycles. The van der Waals surface area contributed by atoms with E-state index < -0.39 is 0 Å². The highest BCUT2D eigenvalue weighted by Crippen LogP contribution is 2.24. The van der Waals surface area contributed by atoms with Crippen molar-refractivity contribution in [1.29, 1.82) is 0 Å². The molecule has 0 atom stereocenters. The third-order valence-corrected chi connectivity index (χ3v) is 2.53. The predicted octanol–water partition coefficient (Wildman–Crippen LogP) is 2.57. The number of rotatable bonds is 3. The Hall–Kier alpha value is -1.48. The zero-order valence-electron chi connectivity index (χ0n) is 9.46. The van der Waals surface area contributed by atoms with E-state index in [0.29, 0.717) is 22.8 Å². The van der Waals surface area contributed by atoms with E-state index in [0.717, 1.165) is 5.57 Å². The lowest BCUT2D eigenvalue weighted by atomic mass is 10.1. The van der Waals surface area contributed by atoms with Gasteiger partial charge in [-0.1, -0.05) is 29.8 Å². The molecule has 0 radical (unpaired) electrons. The molecule has 1 amide bonds. The highest BCUT2D eigenvalue weighted by molar-refractivity contribution is 6.36.